The van der Waals surface area contributed by atoms with Crippen LogP contribution in [0.3, 0.4) is 0 Å². The summed E-state index contributed by atoms with van der Waals surface area (Å²) in [7, 11) is -2.05. The molecule has 0 aliphatic carbocycles. The summed E-state index contributed by atoms with van der Waals surface area (Å²) in [6.45, 7) is 5.46. The maximum Gasteiger partial charge on any atom is 0.244 e. The second kappa shape index (κ2) is 7.61. The Balaban J connectivity index is 3.21. The number of benzene rings is 1. The molecule has 7 heteroatoms. The molecule has 0 amide bonds. The van der Waals surface area contributed by atoms with E-state index in [1.54, 1.807) is 13.0 Å². The number of sulfonamides is 1. The molecular weight excluding hydrogens is 319 g/mol. The molecule has 20 heavy (non-hydrogen) atoms. The van der Waals surface area contributed by atoms with Crippen molar-refractivity contribution in [2.45, 2.75) is 31.7 Å². The first-order valence-electron chi connectivity index (χ1n) is 6.50. The molecule has 4 nitrogen and oxygen atoms in total. The van der Waals surface area contributed by atoms with E-state index in [0.717, 1.165) is 13.0 Å². The highest BCUT2D eigenvalue weighted by Crippen LogP contribution is 2.32. The van der Waals surface area contributed by atoms with Crippen molar-refractivity contribution in [1.29, 1.82) is 0 Å². The molecule has 1 N–H and O–H groups in total. The molecule has 0 aromatic heterocycles. The molecule has 114 valence electrons. The van der Waals surface area contributed by atoms with Crippen LogP contribution in [0.25, 0.3) is 0 Å². The zero-order valence-electron chi connectivity index (χ0n) is 11.9. The third-order valence-corrected chi connectivity index (χ3v) is 5.89. The van der Waals surface area contributed by atoms with Crippen LogP contribution in [0.4, 0.5) is 0 Å². The van der Waals surface area contributed by atoms with Gasteiger partial charge >= 0.3 is 0 Å². The Morgan fingerprint density at radius 2 is 1.90 bits per heavy atom. The first kappa shape index (κ1) is 17.7. The quantitative estimate of drug-likeness (QED) is 0.777. The fraction of sp³-hybridized carbons (Fsp3) is 0.538. The molecule has 0 saturated carbocycles. The summed E-state index contributed by atoms with van der Waals surface area (Å²) in [5, 5.41) is 3.84. The largest absolute Gasteiger partial charge is 0.313 e. The van der Waals surface area contributed by atoms with E-state index >= 15 is 0 Å². The first-order chi connectivity index (χ1) is 9.36. The van der Waals surface area contributed by atoms with E-state index in [0.29, 0.717) is 23.7 Å². The maximum absolute atomic E-state index is 12.4. The number of nitrogens with zero attached hydrogens (tertiary/aromatic N) is 1. The minimum Gasteiger partial charge on any atom is -0.313 e. The van der Waals surface area contributed by atoms with Crippen molar-refractivity contribution < 1.29 is 8.42 Å². The Morgan fingerprint density at radius 3 is 2.45 bits per heavy atom. The third kappa shape index (κ3) is 3.86. The summed E-state index contributed by atoms with van der Waals surface area (Å²) >= 11 is 12.4. The smallest absolute Gasteiger partial charge is 0.244 e. The molecule has 1 aromatic carbocycles. The number of hydrogen-bond acceptors (Lipinski definition) is 3. The zero-order chi connectivity index (χ0) is 15.3. The summed E-state index contributed by atoms with van der Waals surface area (Å²) < 4.78 is 26.0. The fourth-order valence-corrected chi connectivity index (χ4v) is 3.73. The molecule has 0 unspecified atom stereocenters. The van der Waals surface area contributed by atoms with Gasteiger partial charge in [0.2, 0.25) is 10.0 Å². The van der Waals surface area contributed by atoms with E-state index in [4.69, 9.17) is 23.2 Å². The van der Waals surface area contributed by atoms with Crippen LogP contribution < -0.4 is 5.32 Å². The van der Waals surface area contributed by atoms with Gasteiger partial charge in [-0.15, -0.1) is 0 Å². The van der Waals surface area contributed by atoms with Gasteiger partial charge in [0.15, 0.2) is 0 Å². The Bertz CT molecular complexity index is 562. The molecule has 0 saturated heterocycles. The van der Waals surface area contributed by atoms with Crippen molar-refractivity contribution in [3.05, 3.63) is 27.7 Å². The van der Waals surface area contributed by atoms with Gasteiger partial charge < -0.3 is 5.32 Å². The Morgan fingerprint density at radius 1 is 1.25 bits per heavy atom. The van der Waals surface area contributed by atoms with Gasteiger partial charge in [0.05, 0.1) is 5.02 Å². The number of hydrogen-bond donors (Lipinski definition) is 1. The van der Waals surface area contributed by atoms with Crippen LogP contribution in [0.5, 0.6) is 0 Å². The van der Waals surface area contributed by atoms with Crippen LogP contribution in [-0.2, 0) is 16.6 Å². The van der Waals surface area contributed by atoms with Gasteiger partial charge in [-0.2, -0.15) is 0 Å². The normalized spacial score (nSPS) is 12.1. The molecule has 1 rings (SSSR count). The van der Waals surface area contributed by atoms with E-state index < -0.39 is 10.0 Å². The van der Waals surface area contributed by atoms with Crippen LogP contribution in [0.15, 0.2) is 17.0 Å². The minimum atomic E-state index is -3.57. The molecule has 0 fully saturated rings. The van der Waals surface area contributed by atoms with Crippen molar-refractivity contribution in [2.75, 3.05) is 20.1 Å². The zero-order valence-corrected chi connectivity index (χ0v) is 14.2. The average molecular weight is 339 g/mol. The summed E-state index contributed by atoms with van der Waals surface area (Å²) in [5.41, 5.74) is 0.618. The summed E-state index contributed by atoms with van der Waals surface area (Å²) in [4.78, 5) is 0.0983. The van der Waals surface area contributed by atoms with E-state index in [9.17, 15) is 8.42 Å². The van der Waals surface area contributed by atoms with E-state index in [1.165, 1.54) is 17.4 Å². The molecule has 0 spiro atoms. The second-order valence-corrected chi connectivity index (χ2v) is 7.23. The fourth-order valence-electron chi connectivity index (χ4n) is 1.67. The molecule has 0 aliphatic rings. The lowest BCUT2D eigenvalue weighted by Crippen LogP contribution is -2.27. The van der Waals surface area contributed by atoms with Crippen LogP contribution in [0.2, 0.25) is 10.0 Å². The number of nitrogens with one attached hydrogen (secondary N) is 1. The van der Waals surface area contributed by atoms with Gasteiger partial charge in [0, 0.05) is 30.7 Å². The van der Waals surface area contributed by atoms with Gasteiger partial charge in [-0.05, 0) is 25.1 Å². The van der Waals surface area contributed by atoms with Crippen LogP contribution in [0.1, 0.15) is 25.8 Å². The van der Waals surface area contributed by atoms with Crippen LogP contribution in [-0.4, -0.2) is 32.9 Å². The molecule has 0 atom stereocenters. The molecule has 1 aromatic rings. The standard InChI is InChI=1S/C13H20Cl2N2O2S/c1-4-8-16-9-10-11(14)6-7-12(13(10)15)20(18,19)17(3)5-2/h6-7,16H,4-5,8-9H2,1-3H3. The SMILES string of the molecule is CCCNCc1c(Cl)ccc(S(=O)(=O)N(C)CC)c1Cl. The molecule has 0 bridgehead atoms. The van der Waals surface area contributed by atoms with E-state index in [1.807, 2.05) is 6.92 Å². The predicted molar refractivity (Wildman–Crippen MR) is 83.9 cm³/mol. The van der Waals surface area contributed by atoms with Gasteiger partial charge in [-0.25, -0.2) is 12.7 Å². The van der Waals surface area contributed by atoms with Crippen molar-refractivity contribution in [3.63, 3.8) is 0 Å². The lowest BCUT2D eigenvalue weighted by Gasteiger charge is -2.18. The van der Waals surface area contributed by atoms with Gasteiger partial charge in [-0.1, -0.05) is 37.0 Å². The van der Waals surface area contributed by atoms with E-state index in [-0.39, 0.29) is 9.92 Å². The Hall–Kier alpha value is -0.330. The highest BCUT2D eigenvalue weighted by Gasteiger charge is 2.24. The Kier molecular flexibility index (Phi) is 6.75. The average Bonchev–Trinajstić information content (AvgIpc) is 2.41. The summed E-state index contributed by atoms with van der Waals surface area (Å²) in [6, 6.07) is 3.03. The monoisotopic (exact) mass is 338 g/mol. The van der Waals surface area contributed by atoms with Gasteiger partial charge in [0.1, 0.15) is 4.90 Å². The molecular formula is C13H20Cl2N2O2S. The van der Waals surface area contributed by atoms with Crippen molar-refractivity contribution in [1.82, 2.24) is 9.62 Å². The lowest BCUT2D eigenvalue weighted by atomic mass is 10.2. The summed E-state index contributed by atoms with van der Waals surface area (Å²) in [5.74, 6) is 0. The predicted octanol–water partition coefficient (Wildman–Crippen LogP) is 3.13. The molecule has 0 radical (unpaired) electrons. The summed E-state index contributed by atoms with van der Waals surface area (Å²) in [6.07, 6.45) is 0.978. The minimum absolute atomic E-state index is 0.0983. The highest BCUT2D eigenvalue weighted by atomic mass is 35.5. The Labute approximate surface area is 131 Å². The first-order valence-corrected chi connectivity index (χ1v) is 8.69. The highest BCUT2D eigenvalue weighted by molar-refractivity contribution is 7.89. The van der Waals surface area contributed by atoms with Crippen molar-refractivity contribution >= 4 is 33.2 Å². The van der Waals surface area contributed by atoms with Crippen LogP contribution in [0, 0.1) is 0 Å². The van der Waals surface area contributed by atoms with Crippen molar-refractivity contribution in [3.8, 4) is 0 Å². The van der Waals surface area contributed by atoms with Gasteiger partial charge in [0.25, 0.3) is 0 Å². The van der Waals surface area contributed by atoms with Crippen molar-refractivity contribution in [2.24, 2.45) is 0 Å². The van der Waals surface area contributed by atoms with Gasteiger partial charge in [-0.3, -0.25) is 0 Å². The lowest BCUT2D eigenvalue weighted by molar-refractivity contribution is 0.486. The molecule has 0 heterocycles. The topological polar surface area (TPSA) is 49.4 Å². The number of halogens is 2. The van der Waals surface area contributed by atoms with E-state index in [2.05, 4.69) is 5.32 Å². The van der Waals surface area contributed by atoms with Crippen LogP contribution >= 0.6 is 23.2 Å². The molecule has 0 aliphatic heterocycles. The second-order valence-electron chi connectivity index (χ2n) is 4.43. The maximum atomic E-state index is 12.4. The number of rotatable bonds is 7. The third-order valence-electron chi connectivity index (χ3n) is 3.01.